The van der Waals surface area contributed by atoms with Crippen LogP contribution in [0.25, 0.3) is 0 Å². The highest BCUT2D eigenvalue weighted by Gasteiger charge is 2.35. The highest BCUT2D eigenvalue weighted by Crippen LogP contribution is 2.28. The molecule has 186 valence electrons. The summed E-state index contributed by atoms with van der Waals surface area (Å²) < 4.78 is 5.70. The van der Waals surface area contributed by atoms with Gasteiger partial charge >= 0.3 is 5.97 Å². The van der Waals surface area contributed by atoms with E-state index in [0.717, 1.165) is 42.9 Å². The summed E-state index contributed by atoms with van der Waals surface area (Å²) in [4.78, 5) is 37.1. The van der Waals surface area contributed by atoms with Gasteiger partial charge in [-0.2, -0.15) is 0 Å². The maximum Gasteiger partial charge on any atom is 0.309 e. The Labute approximate surface area is 213 Å². The minimum Gasteiger partial charge on any atom is -0.466 e. The maximum atomic E-state index is 12.3. The number of oxime groups is 1. The van der Waals surface area contributed by atoms with E-state index in [1.165, 1.54) is 11.3 Å². The zero-order valence-corrected chi connectivity index (χ0v) is 21.4. The van der Waals surface area contributed by atoms with Crippen molar-refractivity contribution in [2.75, 3.05) is 26.2 Å². The number of hydrogen-bond acceptors (Lipinski definition) is 7. The Hall–Kier alpha value is -2.91. The summed E-state index contributed by atoms with van der Waals surface area (Å²) in [5.41, 5.74) is 2.01. The second-order valence-corrected chi connectivity index (χ2v) is 10.6. The molecule has 8 nitrogen and oxygen atoms in total. The molecule has 2 aromatic rings. The van der Waals surface area contributed by atoms with E-state index in [2.05, 4.69) is 20.4 Å². The quantitative estimate of drug-likeness (QED) is 0.313. The van der Waals surface area contributed by atoms with Crippen LogP contribution in [-0.4, -0.2) is 60.7 Å². The molecule has 10 heteroatoms. The Bertz CT molecular complexity index is 1110. The number of carbonyl (C=O) groups is 2. The average molecular weight is 517 g/mol. The molecule has 3 heterocycles. The molecule has 0 saturated carbocycles. The third-order valence-electron chi connectivity index (χ3n) is 6.06. The number of ether oxygens (including phenoxy) is 1. The van der Waals surface area contributed by atoms with Crippen LogP contribution in [0.5, 0.6) is 0 Å². The minimum atomic E-state index is -0.613. The molecule has 0 spiro atoms. The molecule has 0 bridgehead atoms. The van der Waals surface area contributed by atoms with E-state index in [1.807, 2.05) is 44.5 Å². The van der Waals surface area contributed by atoms with Gasteiger partial charge in [-0.25, -0.2) is 4.99 Å². The fourth-order valence-corrected chi connectivity index (χ4v) is 4.98. The van der Waals surface area contributed by atoms with E-state index in [1.54, 1.807) is 12.1 Å². The number of nitrogens with one attached hydrogen (secondary N) is 1. The highest BCUT2D eigenvalue weighted by molar-refractivity contribution is 7.18. The van der Waals surface area contributed by atoms with E-state index >= 15 is 0 Å². The smallest absolute Gasteiger partial charge is 0.309 e. The Kier molecular flexibility index (Phi) is 8.07. The van der Waals surface area contributed by atoms with Crippen molar-refractivity contribution >= 4 is 52.6 Å². The number of aliphatic imine (C=N–C) groups is 1. The van der Waals surface area contributed by atoms with Gasteiger partial charge in [-0.3, -0.25) is 9.59 Å². The normalized spacial score (nSPS) is 20.5. The van der Waals surface area contributed by atoms with Gasteiger partial charge in [-0.1, -0.05) is 28.9 Å². The number of esters is 1. The molecule has 0 radical (unpaired) electrons. The van der Waals surface area contributed by atoms with E-state index < -0.39 is 5.60 Å². The van der Waals surface area contributed by atoms with Gasteiger partial charge in [0.15, 0.2) is 5.60 Å². The SMILES string of the molecule is CCOC(=O)C1CCN(C=Nc2ccc(C3=NOC(C)(CNC(=O)c4ccc(Cl)s4)C3)cc2)CC1. The molecule has 2 aliphatic rings. The first-order valence-electron chi connectivity index (χ1n) is 11.7. The van der Waals surface area contributed by atoms with Crippen molar-refractivity contribution in [1.29, 1.82) is 0 Å². The summed E-state index contributed by atoms with van der Waals surface area (Å²) in [5, 5.41) is 7.16. The molecule has 4 rings (SSSR count). The molecule has 1 unspecified atom stereocenters. The van der Waals surface area contributed by atoms with E-state index in [0.29, 0.717) is 28.8 Å². The number of hydrogen-bond donors (Lipinski definition) is 1. The van der Waals surface area contributed by atoms with Crippen molar-refractivity contribution in [3.05, 3.63) is 51.2 Å². The lowest BCUT2D eigenvalue weighted by atomic mass is 9.96. The molecule has 1 amide bonds. The first-order chi connectivity index (χ1) is 16.8. The average Bonchev–Trinajstić information content (AvgIpc) is 3.48. The number of nitrogens with zero attached hydrogens (tertiary/aromatic N) is 3. The lowest BCUT2D eigenvalue weighted by molar-refractivity contribution is -0.149. The van der Waals surface area contributed by atoms with Crippen LogP contribution in [0, 0.1) is 5.92 Å². The van der Waals surface area contributed by atoms with Gasteiger partial charge in [0.2, 0.25) is 0 Å². The molecule has 1 fully saturated rings. The van der Waals surface area contributed by atoms with E-state index in [-0.39, 0.29) is 17.8 Å². The lowest BCUT2D eigenvalue weighted by Crippen LogP contribution is -2.40. The summed E-state index contributed by atoms with van der Waals surface area (Å²) in [6, 6.07) is 11.2. The number of rotatable bonds is 8. The zero-order chi connectivity index (χ0) is 24.8. The number of benzene rings is 1. The van der Waals surface area contributed by atoms with Crippen LogP contribution in [0.15, 0.2) is 46.5 Å². The summed E-state index contributed by atoms with van der Waals surface area (Å²) >= 11 is 7.15. The number of amides is 1. The van der Waals surface area contributed by atoms with Gasteiger partial charge in [0.25, 0.3) is 5.91 Å². The molecule has 0 aliphatic carbocycles. The van der Waals surface area contributed by atoms with Crippen molar-refractivity contribution in [2.45, 2.75) is 38.7 Å². The Morgan fingerprint density at radius 2 is 2.03 bits per heavy atom. The number of halogens is 1. The first-order valence-corrected chi connectivity index (χ1v) is 12.9. The fourth-order valence-electron chi connectivity index (χ4n) is 4.02. The van der Waals surface area contributed by atoms with Crippen molar-refractivity contribution in [1.82, 2.24) is 10.2 Å². The molecule has 1 N–H and O–H groups in total. The van der Waals surface area contributed by atoms with Gasteiger partial charge in [-0.15, -0.1) is 11.3 Å². The number of carbonyl (C=O) groups excluding carboxylic acids is 2. The van der Waals surface area contributed by atoms with Crippen LogP contribution in [0.3, 0.4) is 0 Å². The van der Waals surface area contributed by atoms with Gasteiger partial charge in [0, 0.05) is 19.5 Å². The monoisotopic (exact) mass is 516 g/mol. The highest BCUT2D eigenvalue weighted by atomic mass is 35.5. The van der Waals surface area contributed by atoms with Crippen LogP contribution in [0.2, 0.25) is 4.34 Å². The fraction of sp³-hybridized carbons (Fsp3) is 0.440. The van der Waals surface area contributed by atoms with Crippen LogP contribution in [0.4, 0.5) is 5.69 Å². The summed E-state index contributed by atoms with van der Waals surface area (Å²) in [6.07, 6.45) is 3.98. The number of piperidine rings is 1. The number of thiophene rings is 1. The number of likely N-dealkylation sites (tertiary alicyclic amines) is 1. The summed E-state index contributed by atoms with van der Waals surface area (Å²) in [5.74, 6) is -0.279. The van der Waals surface area contributed by atoms with E-state index in [4.69, 9.17) is 21.2 Å². The van der Waals surface area contributed by atoms with Gasteiger partial charge in [-0.05, 0) is 56.5 Å². The summed E-state index contributed by atoms with van der Waals surface area (Å²) in [6.45, 7) is 6.09. The lowest BCUT2D eigenvalue weighted by Gasteiger charge is -2.29. The Morgan fingerprint density at radius 3 is 2.69 bits per heavy atom. The largest absolute Gasteiger partial charge is 0.466 e. The minimum absolute atomic E-state index is 0.0125. The second-order valence-electron chi connectivity index (χ2n) is 8.90. The molecule has 1 saturated heterocycles. The third-order valence-corrected chi connectivity index (χ3v) is 7.29. The third kappa shape index (κ3) is 6.61. The van der Waals surface area contributed by atoms with Crippen molar-refractivity contribution in [3.63, 3.8) is 0 Å². The van der Waals surface area contributed by atoms with Crippen molar-refractivity contribution < 1.29 is 19.2 Å². The molecule has 1 aromatic heterocycles. The van der Waals surface area contributed by atoms with Crippen LogP contribution in [0.1, 0.15) is 48.3 Å². The summed E-state index contributed by atoms with van der Waals surface area (Å²) in [7, 11) is 0. The Balaban J connectivity index is 1.25. The van der Waals surface area contributed by atoms with Crippen LogP contribution in [-0.2, 0) is 14.4 Å². The van der Waals surface area contributed by atoms with Crippen molar-refractivity contribution in [2.24, 2.45) is 16.1 Å². The van der Waals surface area contributed by atoms with Crippen molar-refractivity contribution in [3.8, 4) is 0 Å². The second kappa shape index (κ2) is 11.2. The van der Waals surface area contributed by atoms with Crippen LogP contribution < -0.4 is 5.32 Å². The standard InChI is InChI=1S/C25H29ClN4O4S/c1-3-33-24(32)18-10-12-30(13-11-18)16-28-19-6-4-17(5-7-19)20-14-25(2,34-29-20)15-27-23(31)21-8-9-22(26)35-21/h4-9,16,18H,3,10-15H2,1-2H3,(H,27,31). The molecule has 35 heavy (non-hydrogen) atoms. The molecular formula is C25H29ClN4O4S. The molecule has 1 atom stereocenters. The zero-order valence-electron chi connectivity index (χ0n) is 19.8. The van der Waals surface area contributed by atoms with E-state index in [9.17, 15) is 9.59 Å². The topological polar surface area (TPSA) is 92.6 Å². The predicted molar refractivity (Wildman–Crippen MR) is 138 cm³/mol. The molecular weight excluding hydrogens is 488 g/mol. The first kappa shape index (κ1) is 25.2. The molecule has 2 aliphatic heterocycles. The van der Waals surface area contributed by atoms with Gasteiger partial charge < -0.3 is 19.8 Å². The Morgan fingerprint density at radius 1 is 1.29 bits per heavy atom. The van der Waals surface area contributed by atoms with Gasteiger partial charge in [0.05, 0.1) is 46.0 Å². The predicted octanol–water partition coefficient (Wildman–Crippen LogP) is 4.65. The maximum absolute atomic E-state index is 12.3. The van der Waals surface area contributed by atoms with Crippen LogP contribution >= 0.6 is 22.9 Å². The molecule has 1 aromatic carbocycles. The van der Waals surface area contributed by atoms with Gasteiger partial charge in [0.1, 0.15) is 0 Å².